The Kier molecular flexibility index (Phi) is 6.09. The van der Waals surface area contributed by atoms with Crippen LogP contribution in [0, 0.1) is 0 Å². The monoisotopic (exact) mass is 399 g/mol. The molecule has 0 aliphatic rings. The van der Waals surface area contributed by atoms with Crippen LogP contribution in [0.5, 0.6) is 5.75 Å². The van der Waals surface area contributed by atoms with E-state index < -0.39 is 0 Å². The van der Waals surface area contributed by atoms with Crippen molar-refractivity contribution >= 4 is 16.9 Å². The third-order valence-corrected chi connectivity index (χ3v) is 5.16. The minimum absolute atomic E-state index is 0.00667. The number of rotatable bonds is 8. The number of fused-ring (bicyclic) bond motifs is 1. The van der Waals surface area contributed by atoms with Crippen LogP contribution in [-0.4, -0.2) is 23.0 Å². The van der Waals surface area contributed by atoms with E-state index >= 15 is 0 Å². The highest BCUT2D eigenvalue weighted by Crippen LogP contribution is 2.20. The van der Waals surface area contributed by atoms with Crippen molar-refractivity contribution in [2.24, 2.45) is 0 Å². The number of imidazole rings is 1. The lowest BCUT2D eigenvalue weighted by atomic mass is 10.0. The summed E-state index contributed by atoms with van der Waals surface area (Å²) in [4.78, 5) is 20.8. The van der Waals surface area contributed by atoms with E-state index in [9.17, 15) is 4.79 Å². The van der Waals surface area contributed by atoms with Gasteiger partial charge in [0, 0.05) is 6.42 Å². The third-order valence-electron chi connectivity index (χ3n) is 5.16. The van der Waals surface area contributed by atoms with E-state index in [0.717, 1.165) is 33.7 Å². The van der Waals surface area contributed by atoms with Crippen molar-refractivity contribution in [1.82, 2.24) is 15.3 Å². The number of H-pyrrole nitrogens is 1. The summed E-state index contributed by atoms with van der Waals surface area (Å²) in [5.41, 5.74) is 4.13. The van der Waals surface area contributed by atoms with Crippen molar-refractivity contribution in [3.63, 3.8) is 0 Å². The molecule has 152 valence electrons. The van der Waals surface area contributed by atoms with E-state index in [1.165, 1.54) is 0 Å². The fraction of sp³-hybridized carbons (Fsp3) is 0.200. The molecule has 2 N–H and O–H groups in total. The maximum atomic E-state index is 12.8. The van der Waals surface area contributed by atoms with Gasteiger partial charge in [0.05, 0.1) is 24.2 Å². The van der Waals surface area contributed by atoms with Crippen LogP contribution in [0.4, 0.5) is 0 Å². The van der Waals surface area contributed by atoms with Crippen LogP contribution in [0.15, 0.2) is 78.9 Å². The number of ether oxygens (including phenoxy) is 1. The molecule has 1 unspecified atom stereocenters. The van der Waals surface area contributed by atoms with E-state index in [-0.39, 0.29) is 11.9 Å². The smallest absolute Gasteiger partial charge is 0.220 e. The highest BCUT2D eigenvalue weighted by Gasteiger charge is 2.19. The molecule has 0 spiro atoms. The van der Waals surface area contributed by atoms with Crippen LogP contribution >= 0.6 is 0 Å². The predicted molar refractivity (Wildman–Crippen MR) is 118 cm³/mol. The van der Waals surface area contributed by atoms with Gasteiger partial charge in [-0.2, -0.15) is 0 Å². The fourth-order valence-electron chi connectivity index (χ4n) is 3.52. The number of para-hydroxylation sites is 2. The molecule has 1 aromatic heterocycles. The second-order valence-corrected chi connectivity index (χ2v) is 7.30. The molecule has 1 heterocycles. The van der Waals surface area contributed by atoms with Gasteiger partial charge in [-0.15, -0.1) is 0 Å². The van der Waals surface area contributed by atoms with E-state index in [1.807, 2.05) is 66.7 Å². The normalized spacial score (nSPS) is 11.9. The highest BCUT2D eigenvalue weighted by molar-refractivity contribution is 5.77. The number of aromatic nitrogens is 2. The first-order valence-electron chi connectivity index (χ1n) is 10.1. The second-order valence-electron chi connectivity index (χ2n) is 7.30. The van der Waals surface area contributed by atoms with Gasteiger partial charge in [0.25, 0.3) is 0 Å². The zero-order valence-corrected chi connectivity index (χ0v) is 17.0. The van der Waals surface area contributed by atoms with E-state index in [2.05, 4.69) is 22.4 Å². The van der Waals surface area contributed by atoms with Gasteiger partial charge in [-0.25, -0.2) is 4.98 Å². The van der Waals surface area contributed by atoms with Gasteiger partial charge < -0.3 is 15.0 Å². The molecule has 1 amide bonds. The number of nitrogens with zero attached hydrogens (tertiary/aromatic N) is 1. The molecule has 0 bridgehead atoms. The molecular weight excluding hydrogens is 374 g/mol. The molecule has 30 heavy (non-hydrogen) atoms. The molecule has 5 nitrogen and oxygen atoms in total. The second kappa shape index (κ2) is 9.27. The molecule has 0 radical (unpaired) electrons. The molecule has 4 rings (SSSR count). The van der Waals surface area contributed by atoms with Gasteiger partial charge in [0.2, 0.25) is 5.91 Å². The first kappa shape index (κ1) is 19.7. The molecule has 0 aliphatic carbocycles. The number of amides is 1. The molecule has 0 fully saturated rings. The van der Waals surface area contributed by atoms with Crippen molar-refractivity contribution in [2.75, 3.05) is 7.11 Å². The van der Waals surface area contributed by atoms with Crippen LogP contribution in [0.1, 0.15) is 29.4 Å². The largest absolute Gasteiger partial charge is 0.497 e. The molecule has 3 aromatic carbocycles. The standard InChI is InChI=1S/C25H25N3O2/c1-30-20-14-11-18(12-15-20)13-16-24(29)26-23(17-19-7-3-2-4-8-19)25-27-21-9-5-6-10-22(21)28-25/h2-12,14-15,23H,13,16-17H2,1H3,(H,26,29)(H,27,28). The van der Waals surface area contributed by atoms with E-state index in [0.29, 0.717) is 19.3 Å². The number of hydrogen-bond acceptors (Lipinski definition) is 3. The number of methoxy groups -OCH3 is 1. The Labute approximate surface area is 176 Å². The first-order chi connectivity index (χ1) is 14.7. The van der Waals surface area contributed by atoms with Crippen LogP contribution in [-0.2, 0) is 17.6 Å². The van der Waals surface area contributed by atoms with Crippen molar-refractivity contribution in [3.05, 3.63) is 95.8 Å². The fourth-order valence-corrected chi connectivity index (χ4v) is 3.52. The minimum Gasteiger partial charge on any atom is -0.497 e. The van der Waals surface area contributed by atoms with Crippen molar-refractivity contribution in [2.45, 2.75) is 25.3 Å². The SMILES string of the molecule is COc1ccc(CCC(=O)NC(Cc2ccccc2)c2nc3ccccc3[nH]2)cc1. The topological polar surface area (TPSA) is 67.0 Å². The van der Waals surface area contributed by atoms with Gasteiger partial charge >= 0.3 is 0 Å². The van der Waals surface area contributed by atoms with Crippen LogP contribution in [0.3, 0.4) is 0 Å². The van der Waals surface area contributed by atoms with Gasteiger partial charge in [0.1, 0.15) is 11.6 Å². The van der Waals surface area contributed by atoms with Crippen LogP contribution in [0.25, 0.3) is 11.0 Å². The number of benzene rings is 3. The van der Waals surface area contributed by atoms with Crippen LogP contribution in [0.2, 0.25) is 0 Å². The van der Waals surface area contributed by atoms with Gasteiger partial charge in [-0.3, -0.25) is 4.79 Å². The lowest BCUT2D eigenvalue weighted by molar-refractivity contribution is -0.121. The number of carbonyl (C=O) groups excluding carboxylic acids is 1. The summed E-state index contributed by atoms with van der Waals surface area (Å²) in [6.07, 6.45) is 1.76. The van der Waals surface area contributed by atoms with E-state index in [4.69, 9.17) is 9.72 Å². The maximum Gasteiger partial charge on any atom is 0.220 e. The van der Waals surface area contributed by atoms with Crippen molar-refractivity contribution in [3.8, 4) is 5.75 Å². The number of hydrogen-bond donors (Lipinski definition) is 2. The Morgan fingerprint density at radius 3 is 2.43 bits per heavy atom. The summed E-state index contributed by atoms with van der Waals surface area (Å²) in [5.74, 6) is 1.60. The van der Waals surface area contributed by atoms with Crippen LogP contribution < -0.4 is 10.1 Å². The Hall–Kier alpha value is -3.60. The average Bonchev–Trinajstić information content (AvgIpc) is 3.23. The Balaban J connectivity index is 1.47. The summed E-state index contributed by atoms with van der Waals surface area (Å²) in [6, 6.07) is 25.7. The molecule has 5 heteroatoms. The molecule has 0 saturated heterocycles. The summed E-state index contributed by atoms with van der Waals surface area (Å²) in [7, 11) is 1.65. The minimum atomic E-state index is -0.219. The van der Waals surface area contributed by atoms with Crippen molar-refractivity contribution < 1.29 is 9.53 Å². The van der Waals surface area contributed by atoms with Crippen molar-refractivity contribution in [1.29, 1.82) is 0 Å². The summed E-state index contributed by atoms with van der Waals surface area (Å²) in [6.45, 7) is 0. The molecule has 0 aliphatic heterocycles. The zero-order valence-electron chi connectivity index (χ0n) is 17.0. The quantitative estimate of drug-likeness (QED) is 0.455. The maximum absolute atomic E-state index is 12.8. The zero-order chi connectivity index (χ0) is 20.8. The molecule has 4 aromatic rings. The van der Waals surface area contributed by atoms with E-state index in [1.54, 1.807) is 7.11 Å². The van der Waals surface area contributed by atoms with Gasteiger partial charge in [0.15, 0.2) is 0 Å². The Morgan fingerprint density at radius 2 is 1.70 bits per heavy atom. The lowest BCUT2D eigenvalue weighted by Gasteiger charge is -2.17. The number of carbonyl (C=O) groups is 1. The average molecular weight is 399 g/mol. The lowest BCUT2D eigenvalue weighted by Crippen LogP contribution is -2.31. The predicted octanol–water partition coefficient (Wildman–Crippen LogP) is 4.60. The first-order valence-corrected chi connectivity index (χ1v) is 10.1. The Morgan fingerprint density at radius 1 is 0.967 bits per heavy atom. The molecule has 0 saturated carbocycles. The summed E-state index contributed by atoms with van der Waals surface area (Å²) in [5, 5.41) is 3.18. The number of aromatic amines is 1. The number of aryl methyl sites for hydroxylation is 1. The highest BCUT2D eigenvalue weighted by atomic mass is 16.5. The summed E-state index contributed by atoms with van der Waals surface area (Å²) >= 11 is 0. The third kappa shape index (κ3) is 4.87. The van der Waals surface area contributed by atoms with Gasteiger partial charge in [-0.05, 0) is 48.2 Å². The number of nitrogens with one attached hydrogen (secondary N) is 2. The molecular formula is C25H25N3O2. The molecule has 1 atom stereocenters. The summed E-state index contributed by atoms with van der Waals surface area (Å²) < 4.78 is 5.19. The Bertz CT molecular complexity index is 1070. The van der Waals surface area contributed by atoms with Gasteiger partial charge in [-0.1, -0.05) is 54.6 Å².